The third-order valence-corrected chi connectivity index (χ3v) is 2.93. The summed E-state index contributed by atoms with van der Waals surface area (Å²) in [5.41, 5.74) is 5.69. The maximum Gasteiger partial charge on any atom is 0.338 e. The number of hydrogen-bond acceptors (Lipinski definition) is 4. The summed E-state index contributed by atoms with van der Waals surface area (Å²) in [6.07, 6.45) is 1.35. The number of anilines is 1. The fraction of sp³-hybridized carbons (Fsp3) is 0. The van der Waals surface area contributed by atoms with E-state index in [9.17, 15) is 4.79 Å². The summed E-state index contributed by atoms with van der Waals surface area (Å²) in [5.74, 6) is -0.462. The maximum absolute atomic E-state index is 10.9. The van der Waals surface area contributed by atoms with Gasteiger partial charge in [0.05, 0.1) is 5.56 Å². The number of pyridine rings is 1. The van der Waals surface area contributed by atoms with E-state index in [1.807, 2.05) is 12.1 Å². The molecule has 0 atom stereocenters. The number of nitrogens with zero attached hydrogens (tertiary/aromatic N) is 1. The molecule has 0 aliphatic heterocycles. The Hall–Kier alpha value is -1.83. The summed E-state index contributed by atoms with van der Waals surface area (Å²) in [5, 5.41) is 8.93. The van der Waals surface area contributed by atoms with Crippen LogP contribution in [0, 0.1) is 3.57 Å². The molecule has 0 fully saturated rings. The van der Waals surface area contributed by atoms with Crippen LogP contribution in [0.15, 0.2) is 36.5 Å². The second-order valence-electron chi connectivity index (χ2n) is 3.44. The van der Waals surface area contributed by atoms with E-state index in [0.29, 0.717) is 5.75 Å². The van der Waals surface area contributed by atoms with Crippen LogP contribution in [0.3, 0.4) is 0 Å². The average Bonchev–Trinajstić information content (AvgIpc) is 2.34. The van der Waals surface area contributed by atoms with Crippen LogP contribution < -0.4 is 10.5 Å². The first-order chi connectivity index (χ1) is 8.58. The van der Waals surface area contributed by atoms with Crippen LogP contribution in [-0.4, -0.2) is 16.1 Å². The molecule has 0 aliphatic rings. The zero-order valence-corrected chi connectivity index (χ0v) is 11.3. The van der Waals surface area contributed by atoms with Crippen LogP contribution >= 0.6 is 22.6 Å². The highest BCUT2D eigenvalue weighted by Crippen LogP contribution is 2.27. The van der Waals surface area contributed by atoms with Gasteiger partial charge in [0.15, 0.2) is 0 Å². The summed E-state index contributed by atoms with van der Waals surface area (Å²) in [6.45, 7) is 0. The zero-order chi connectivity index (χ0) is 13.1. The molecule has 0 bridgehead atoms. The maximum atomic E-state index is 10.9. The number of halogens is 1. The van der Waals surface area contributed by atoms with Gasteiger partial charge in [0.1, 0.15) is 11.4 Å². The fourth-order valence-electron chi connectivity index (χ4n) is 1.34. The van der Waals surface area contributed by atoms with Crippen molar-refractivity contribution in [1.82, 2.24) is 4.98 Å². The molecule has 1 aromatic carbocycles. The molecule has 0 radical (unpaired) electrons. The largest absolute Gasteiger partial charge is 0.478 e. The van der Waals surface area contributed by atoms with Gasteiger partial charge in [-0.05, 0) is 52.9 Å². The standard InChI is InChI=1S/C12H9IN2O3/c13-7-1-3-8(4-2-7)18-11-10(14)9(12(16)17)5-6-15-11/h1-6H,14H2,(H,16,17). The predicted molar refractivity (Wildman–Crippen MR) is 74.8 cm³/mol. The Labute approximate surface area is 117 Å². The summed E-state index contributed by atoms with van der Waals surface area (Å²) >= 11 is 2.17. The number of ether oxygens (including phenoxy) is 1. The van der Waals surface area contributed by atoms with Crippen molar-refractivity contribution in [2.45, 2.75) is 0 Å². The number of rotatable bonds is 3. The smallest absolute Gasteiger partial charge is 0.338 e. The van der Waals surface area contributed by atoms with Crippen LogP contribution in [0.2, 0.25) is 0 Å². The number of carboxylic acid groups (broad SMARTS) is 1. The van der Waals surface area contributed by atoms with Crippen molar-refractivity contribution in [1.29, 1.82) is 0 Å². The summed E-state index contributed by atoms with van der Waals surface area (Å²) in [6, 6.07) is 8.59. The van der Waals surface area contributed by atoms with E-state index in [0.717, 1.165) is 3.57 Å². The number of nitrogen functional groups attached to an aromatic ring is 1. The Morgan fingerprint density at radius 1 is 1.28 bits per heavy atom. The van der Waals surface area contributed by atoms with Crippen LogP contribution in [-0.2, 0) is 0 Å². The van der Waals surface area contributed by atoms with Gasteiger partial charge in [-0.1, -0.05) is 0 Å². The minimum absolute atomic E-state index is 0.0172. The molecular weight excluding hydrogens is 347 g/mol. The van der Waals surface area contributed by atoms with Gasteiger partial charge >= 0.3 is 5.97 Å². The molecule has 18 heavy (non-hydrogen) atoms. The van der Waals surface area contributed by atoms with Gasteiger partial charge in [0.25, 0.3) is 0 Å². The van der Waals surface area contributed by atoms with Gasteiger partial charge < -0.3 is 15.6 Å². The molecule has 0 amide bonds. The molecule has 0 spiro atoms. The molecular formula is C12H9IN2O3. The topological polar surface area (TPSA) is 85.4 Å². The number of aromatic nitrogens is 1. The lowest BCUT2D eigenvalue weighted by Crippen LogP contribution is -2.05. The van der Waals surface area contributed by atoms with E-state index in [1.54, 1.807) is 12.1 Å². The number of carboxylic acids is 1. The first-order valence-corrected chi connectivity index (χ1v) is 6.07. The highest BCUT2D eigenvalue weighted by Gasteiger charge is 2.13. The third kappa shape index (κ3) is 2.70. The first kappa shape index (κ1) is 12.6. The fourth-order valence-corrected chi connectivity index (χ4v) is 1.70. The van der Waals surface area contributed by atoms with Gasteiger partial charge in [-0.3, -0.25) is 0 Å². The highest BCUT2D eigenvalue weighted by atomic mass is 127. The SMILES string of the molecule is Nc1c(C(=O)O)ccnc1Oc1ccc(I)cc1. The van der Waals surface area contributed by atoms with Crippen molar-refractivity contribution in [3.63, 3.8) is 0 Å². The van der Waals surface area contributed by atoms with Crippen molar-refractivity contribution < 1.29 is 14.6 Å². The molecule has 0 saturated carbocycles. The minimum atomic E-state index is -1.11. The number of benzene rings is 1. The number of carbonyl (C=O) groups is 1. The molecule has 0 unspecified atom stereocenters. The molecule has 0 aliphatic carbocycles. The van der Waals surface area contributed by atoms with Crippen LogP contribution in [0.4, 0.5) is 5.69 Å². The summed E-state index contributed by atoms with van der Waals surface area (Å²) < 4.78 is 6.52. The molecule has 1 heterocycles. The zero-order valence-electron chi connectivity index (χ0n) is 9.13. The normalized spacial score (nSPS) is 10.1. The highest BCUT2D eigenvalue weighted by molar-refractivity contribution is 14.1. The molecule has 5 nitrogen and oxygen atoms in total. The summed E-state index contributed by atoms with van der Waals surface area (Å²) in [7, 11) is 0. The van der Waals surface area contributed by atoms with Crippen molar-refractivity contribution in [2.75, 3.05) is 5.73 Å². The van der Waals surface area contributed by atoms with E-state index in [2.05, 4.69) is 27.6 Å². The molecule has 2 aromatic rings. The number of nitrogens with two attached hydrogens (primary N) is 1. The van der Waals surface area contributed by atoms with Gasteiger partial charge in [0.2, 0.25) is 5.88 Å². The Morgan fingerprint density at radius 2 is 1.94 bits per heavy atom. The second kappa shape index (κ2) is 5.21. The number of hydrogen-bond donors (Lipinski definition) is 2. The van der Waals surface area contributed by atoms with Crippen molar-refractivity contribution in [3.8, 4) is 11.6 Å². The van der Waals surface area contributed by atoms with Gasteiger partial charge in [-0.15, -0.1) is 0 Å². The molecule has 6 heteroatoms. The molecule has 2 rings (SSSR count). The lowest BCUT2D eigenvalue weighted by Gasteiger charge is -2.08. The lowest BCUT2D eigenvalue weighted by atomic mass is 10.2. The van der Waals surface area contributed by atoms with E-state index < -0.39 is 5.97 Å². The molecule has 92 valence electrons. The van der Waals surface area contributed by atoms with Crippen LogP contribution in [0.1, 0.15) is 10.4 Å². The van der Waals surface area contributed by atoms with Crippen molar-refractivity contribution in [2.24, 2.45) is 0 Å². The minimum Gasteiger partial charge on any atom is -0.478 e. The van der Waals surface area contributed by atoms with E-state index in [-0.39, 0.29) is 17.1 Å². The average molecular weight is 356 g/mol. The Morgan fingerprint density at radius 3 is 2.56 bits per heavy atom. The Kier molecular flexibility index (Phi) is 3.66. The second-order valence-corrected chi connectivity index (χ2v) is 4.68. The number of aromatic carboxylic acids is 1. The van der Waals surface area contributed by atoms with E-state index in [4.69, 9.17) is 15.6 Å². The lowest BCUT2D eigenvalue weighted by molar-refractivity contribution is 0.0697. The Balaban J connectivity index is 2.32. The van der Waals surface area contributed by atoms with Crippen molar-refractivity contribution in [3.05, 3.63) is 45.7 Å². The molecule has 0 saturated heterocycles. The van der Waals surface area contributed by atoms with Gasteiger partial charge in [0, 0.05) is 9.77 Å². The quantitative estimate of drug-likeness (QED) is 0.826. The van der Waals surface area contributed by atoms with E-state index >= 15 is 0 Å². The third-order valence-electron chi connectivity index (χ3n) is 2.21. The van der Waals surface area contributed by atoms with Crippen molar-refractivity contribution >= 4 is 34.2 Å². The monoisotopic (exact) mass is 356 g/mol. The van der Waals surface area contributed by atoms with Crippen LogP contribution in [0.25, 0.3) is 0 Å². The first-order valence-electron chi connectivity index (χ1n) is 4.99. The predicted octanol–water partition coefficient (Wildman–Crippen LogP) is 2.76. The van der Waals surface area contributed by atoms with Gasteiger partial charge in [-0.25, -0.2) is 9.78 Å². The van der Waals surface area contributed by atoms with Gasteiger partial charge in [-0.2, -0.15) is 0 Å². The summed E-state index contributed by atoms with van der Waals surface area (Å²) in [4.78, 5) is 14.8. The van der Waals surface area contributed by atoms with E-state index in [1.165, 1.54) is 12.3 Å². The molecule has 1 aromatic heterocycles. The van der Waals surface area contributed by atoms with Crippen LogP contribution in [0.5, 0.6) is 11.6 Å². The molecule has 3 N–H and O–H groups in total. The Bertz CT molecular complexity index is 584.